The summed E-state index contributed by atoms with van der Waals surface area (Å²) in [4.78, 5) is 0.161. The summed E-state index contributed by atoms with van der Waals surface area (Å²) in [5, 5.41) is 4.64. The van der Waals surface area contributed by atoms with E-state index >= 15 is 0 Å². The Kier molecular flexibility index (Phi) is 5.47. The molecule has 0 radical (unpaired) electrons. The van der Waals surface area contributed by atoms with Crippen LogP contribution in [0.4, 0.5) is 5.82 Å². The van der Waals surface area contributed by atoms with Crippen molar-refractivity contribution < 1.29 is 13.2 Å². The van der Waals surface area contributed by atoms with Gasteiger partial charge in [-0.3, -0.25) is 4.72 Å². The minimum atomic E-state index is -3.77. The van der Waals surface area contributed by atoms with Crippen molar-refractivity contribution >= 4 is 15.8 Å². The van der Waals surface area contributed by atoms with Gasteiger partial charge in [-0.1, -0.05) is 39.0 Å². The fourth-order valence-corrected chi connectivity index (χ4v) is 3.70. The van der Waals surface area contributed by atoms with E-state index in [-0.39, 0.29) is 10.3 Å². The summed E-state index contributed by atoms with van der Waals surface area (Å²) >= 11 is 0. The molecule has 0 aliphatic heterocycles. The van der Waals surface area contributed by atoms with E-state index in [9.17, 15) is 8.42 Å². The maximum Gasteiger partial charge on any atom is 0.263 e. The number of para-hydroxylation sites is 1. The van der Waals surface area contributed by atoms with Crippen LogP contribution >= 0.6 is 0 Å². The zero-order chi connectivity index (χ0) is 20.4. The molecule has 6 nitrogen and oxygen atoms in total. The molecule has 0 aliphatic rings. The van der Waals surface area contributed by atoms with Crippen LogP contribution in [0.15, 0.2) is 65.6 Å². The molecule has 0 bridgehead atoms. The van der Waals surface area contributed by atoms with Crippen LogP contribution < -0.4 is 9.46 Å². The number of nitrogens with one attached hydrogen (secondary N) is 1. The highest BCUT2D eigenvalue weighted by Crippen LogP contribution is 2.28. The number of aromatic nitrogens is 2. The topological polar surface area (TPSA) is 73.2 Å². The predicted octanol–water partition coefficient (Wildman–Crippen LogP) is 4.37. The van der Waals surface area contributed by atoms with E-state index in [1.165, 1.54) is 12.1 Å². The molecule has 28 heavy (non-hydrogen) atoms. The number of sulfonamides is 1. The Balaban J connectivity index is 1.99. The smallest absolute Gasteiger partial charge is 0.263 e. The van der Waals surface area contributed by atoms with Crippen molar-refractivity contribution in [3.63, 3.8) is 0 Å². The zero-order valence-electron chi connectivity index (χ0n) is 16.5. The molecule has 1 aromatic heterocycles. The largest absolute Gasteiger partial charge is 0.494 e. The molecule has 0 saturated carbocycles. The van der Waals surface area contributed by atoms with E-state index in [0.717, 1.165) is 11.4 Å². The molecule has 0 fully saturated rings. The number of rotatable bonds is 6. The minimum absolute atomic E-state index is 0.161. The maximum absolute atomic E-state index is 12.9. The summed E-state index contributed by atoms with van der Waals surface area (Å²) in [7, 11) is -3.77. The summed E-state index contributed by atoms with van der Waals surface area (Å²) < 4.78 is 35.5. The second-order valence-electron chi connectivity index (χ2n) is 7.42. The highest BCUT2D eigenvalue weighted by molar-refractivity contribution is 7.92. The highest BCUT2D eigenvalue weighted by Gasteiger charge is 2.23. The SMILES string of the molecule is CCOc1ccc(S(=O)(=O)Nc2cc(C(C)(C)C)nn2-c2ccccc2)cc1. The van der Waals surface area contributed by atoms with E-state index in [0.29, 0.717) is 18.2 Å². The normalized spacial score (nSPS) is 12.0. The Morgan fingerprint density at radius 2 is 1.68 bits per heavy atom. The third-order valence-corrected chi connectivity index (χ3v) is 5.53. The van der Waals surface area contributed by atoms with Gasteiger partial charge in [-0.15, -0.1) is 0 Å². The van der Waals surface area contributed by atoms with E-state index in [2.05, 4.69) is 9.82 Å². The number of hydrogen-bond acceptors (Lipinski definition) is 4. The lowest BCUT2D eigenvalue weighted by Crippen LogP contribution is -2.16. The molecule has 1 N–H and O–H groups in total. The first kappa shape index (κ1) is 19.9. The average Bonchev–Trinajstić information content (AvgIpc) is 3.07. The molecule has 148 valence electrons. The van der Waals surface area contributed by atoms with Gasteiger partial charge in [0.25, 0.3) is 10.0 Å². The molecule has 1 heterocycles. The molecule has 0 saturated heterocycles. The molecular weight excluding hydrogens is 374 g/mol. The van der Waals surface area contributed by atoms with Gasteiger partial charge >= 0.3 is 0 Å². The van der Waals surface area contributed by atoms with Gasteiger partial charge in [0.2, 0.25) is 0 Å². The van der Waals surface area contributed by atoms with Crippen molar-refractivity contribution in [1.29, 1.82) is 0 Å². The van der Waals surface area contributed by atoms with Gasteiger partial charge in [0.1, 0.15) is 11.6 Å². The fraction of sp³-hybridized carbons (Fsp3) is 0.286. The lowest BCUT2D eigenvalue weighted by molar-refractivity contribution is 0.340. The molecule has 7 heteroatoms. The van der Waals surface area contributed by atoms with Crippen LogP contribution in [0.1, 0.15) is 33.4 Å². The van der Waals surface area contributed by atoms with Crippen molar-refractivity contribution in [3.05, 3.63) is 66.4 Å². The molecule has 3 rings (SSSR count). The van der Waals surface area contributed by atoms with Crippen LogP contribution in [0.2, 0.25) is 0 Å². The van der Waals surface area contributed by atoms with E-state index in [1.807, 2.05) is 58.0 Å². The Hall–Kier alpha value is -2.80. The van der Waals surface area contributed by atoms with Gasteiger partial charge in [-0.25, -0.2) is 13.1 Å². The first-order valence-corrected chi connectivity index (χ1v) is 10.6. The standard InChI is InChI=1S/C21H25N3O3S/c1-5-27-17-11-13-18(14-12-17)28(25,26)23-20-15-19(21(2,3)4)22-24(20)16-9-7-6-8-10-16/h6-15,23H,5H2,1-4H3. The third kappa shape index (κ3) is 4.36. The first-order valence-electron chi connectivity index (χ1n) is 9.12. The summed E-state index contributed by atoms with van der Waals surface area (Å²) in [6.07, 6.45) is 0. The Labute approximate surface area is 166 Å². The number of benzene rings is 2. The lowest BCUT2D eigenvalue weighted by atomic mass is 9.92. The second-order valence-corrected chi connectivity index (χ2v) is 9.10. The Bertz CT molecular complexity index is 1030. The first-order chi connectivity index (χ1) is 13.2. The number of hydrogen-bond donors (Lipinski definition) is 1. The third-order valence-electron chi connectivity index (χ3n) is 4.16. The maximum atomic E-state index is 12.9. The van der Waals surface area contributed by atoms with Gasteiger partial charge in [0.15, 0.2) is 0 Å². The van der Waals surface area contributed by atoms with Crippen LogP contribution in [-0.2, 0) is 15.4 Å². The van der Waals surface area contributed by atoms with Gasteiger partial charge in [0.05, 0.1) is 22.9 Å². The monoisotopic (exact) mass is 399 g/mol. The van der Waals surface area contributed by atoms with Crippen LogP contribution in [-0.4, -0.2) is 24.8 Å². The lowest BCUT2D eigenvalue weighted by Gasteiger charge is -2.14. The van der Waals surface area contributed by atoms with Crippen molar-refractivity contribution in [2.24, 2.45) is 0 Å². The van der Waals surface area contributed by atoms with E-state index < -0.39 is 10.0 Å². The summed E-state index contributed by atoms with van der Waals surface area (Å²) in [5.41, 5.74) is 1.35. The second kappa shape index (κ2) is 7.67. The number of anilines is 1. The summed E-state index contributed by atoms with van der Waals surface area (Å²) in [6, 6.07) is 17.6. The van der Waals surface area contributed by atoms with Gasteiger partial charge in [0, 0.05) is 11.5 Å². The van der Waals surface area contributed by atoms with Gasteiger partial charge in [-0.05, 0) is 43.3 Å². The van der Waals surface area contributed by atoms with Crippen LogP contribution in [0, 0.1) is 0 Å². The van der Waals surface area contributed by atoms with Crippen molar-refractivity contribution in [1.82, 2.24) is 9.78 Å². The van der Waals surface area contributed by atoms with Crippen LogP contribution in [0.25, 0.3) is 5.69 Å². The Morgan fingerprint density at radius 3 is 2.25 bits per heavy atom. The molecule has 0 unspecified atom stereocenters. The van der Waals surface area contributed by atoms with Crippen LogP contribution in [0.5, 0.6) is 5.75 Å². The van der Waals surface area contributed by atoms with Crippen molar-refractivity contribution in [2.75, 3.05) is 11.3 Å². The van der Waals surface area contributed by atoms with Gasteiger partial charge < -0.3 is 4.74 Å². The molecule has 0 aliphatic carbocycles. The van der Waals surface area contributed by atoms with Gasteiger partial charge in [-0.2, -0.15) is 5.10 Å². The van der Waals surface area contributed by atoms with E-state index in [1.54, 1.807) is 22.9 Å². The minimum Gasteiger partial charge on any atom is -0.494 e. The molecule has 0 atom stereocenters. The zero-order valence-corrected chi connectivity index (χ0v) is 17.3. The molecular formula is C21H25N3O3S. The molecule has 0 spiro atoms. The fourth-order valence-electron chi connectivity index (χ4n) is 2.66. The molecule has 2 aromatic carbocycles. The highest BCUT2D eigenvalue weighted by atomic mass is 32.2. The quantitative estimate of drug-likeness (QED) is 0.668. The molecule has 0 amide bonds. The van der Waals surface area contributed by atoms with Crippen molar-refractivity contribution in [2.45, 2.75) is 38.0 Å². The summed E-state index contributed by atoms with van der Waals surface area (Å²) in [5.74, 6) is 1.02. The molecule has 3 aromatic rings. The average molecular weight is 400 g/mol. The number of ether oxygens (including phenoxy) is 1. The predicted molar refractivity (Wildman–Crippen MR) is 111 cm³/mol. The Morgan fingerprint density at radius 1 is 1.04 bits per heavy atom. The summed E-state index contributed by atoms with van der Waals surface area (Å²) in [6.45, 7) is 8.51. The van der Waals surface area contributed by atoms with Crippen molar-refractivity contribution in [3.8, 4) is 11.4 Å². The van der Waals surface area contributed by atoms with E-state index in [4.69, 9.17) is 4.74 Å². The van der Waals surface area contributed by atoms with Crippen LogP contribution in [0.3, 0.4) is 0 Å². The number of nitrogens with zero attached hydrogens (tertiary/aromatic N) is 2.